The van der Waals surface area contributed by atoms with Crippen molar-refractivity contribution in [3.8, 4) is 0 Å². The van der Waals surface area contributed by atoms with Crippen LogP contribution in [0.1, 0.15) is 48.0 Å². The van der Waals surface area contributed by atoms with Crippen molar-refractivity contribution >= 4 is 11.3 Å². The second-order valence-electron chi connectivity index (χ2n) is 7.95. The zero-order valence-corrected chi connectivity index (χ0v) is 15.5. The van der Waals surface area contributed by atoms with Gasteiger partial charge in [0.25, 0.3) is 0 Å². The summed E-state index contributed by atoms with van der Waals surface area (Å²) in [7, 11) is 0. The maximum atomic E-state index is 6.10. The summed E-state index contributed by atoms with van der Waals surface area (Å²) in [4.78, 5) is 11.7. The molecule has 0 radical (unpaired) electrons. The van der Waals surface area contributed by atoms with Crippen molar-refractivity contribution in [2.24, 2.45) is 11.8 Å². The third-order valence-electron chi connectivity index (χ3n) is 5.56. The Balaban J connectivity index is 1.32. The van der Waals surface area contributed by atoms with Crippen LogP contribution in [0, 0.1) is 11.8 Å². The molecule has 0 spiro atoms. The Morgan fingerprint density at radius 1 is 1.12 bits per heavy atom. The number of hydrogen-bond donors (Lipinski definition) is 0. The molecule has 0 amide bonds. The number of nitrogens with zero attached hydrogens (tertiary/aromatic N) is 4. The molecule has 3 aliphatic rings. The number of imidazole rings is 1. The van der Waals surface area contributed by atoms with Crippen molar-refractivity contribution in [3.05, 3.63) is 34.3 Å². The van der Waals surface area contributed by atoms with Gasteiger partial charge in [0.2, 0.25) is 0 Å². The standard InChI is InChI=1S/C19H26N4OS/c1-2-14(1)7-23-13-21-17-9-22(10-18-20-5-6-25-18)8-16(19(17)23)12-24-11-15-3-4-15/h5-6,13-16H,1-4,7-12H2/t16-/m0/s1. The fraction of sp³-hybridized carbons (Fsp3) is 0.684. The average molecular weight is 359 g/mol. The van der Waals surface area contributed by atoms with Crippen molar-refractivity contribution in [1.82, 2.24) is 19.4 Å². The summed E-state index contributed by atoms with van der Waals surface area (Å²) in [6.07, 6.45) is 9.44. The predicted octanol–water partition coefficient (Wildman–Crippen LogP) is 3.28. The van der Waals surface area contributed by atoms with E-state index in [9.17, 15) is 0 Å². The molecule has 0 bridgehead atoms. The van der Waals surface area contributed by atoms with Crippen molar-refractivity contribution in [2.45, 2.75) is 51.2 Å². The molecule has 134 valence electrons. The zero-order valence-electron chi connectivity index (χ0n) is 14.6. The van der Waals surface area contributed by atoms with E-state index >= 15 is 0 Å². The minimum absolute atomic E-state index is 0.434. The molecule has 0 saturated heterocycles. The number of fused-ring (bicyclic) bond motifs is 1. The van der Waals surface area contributed by atoms with Gasteiger partial charge < -0.3 is 9.30 Å². The molecule has 1 aliphatic heterocycles. The van der Waals surface area contributed by atoms with E-state index in [-0.39, 0.29) is 0 Å². The van der Waals surface area contributed by atoms with Crippen LogP contribution in [0.25, 0.3) is 0 Å². The number of rotatable bonds is 8. The van der Waals surface area contributed by atoms with Crippen LogP contribution in [0.3, 0.4) is 0 Å². The second-order valence-corrected chi connectivity index (χ2v) is 8.92. The maximum absolute atomic E-state index is 6.10. The highest BCUT2D eigenvalue weighted by Gasteiger charge is 2.32. The summed E-state index contributed by atoms with van der Waals surface area (Å²) in [5, 5.41) is 3.25. The molecule has 2 saturated carbocycles. The zero-order chi connectivity index (χ0) is 16.6. The van der Waals surface area contributed by atoms with E-state index in [0.29, 0.717) is 5.92 Å². The lowest BCUT2D eigenvalue weighted by molar-refractivity contribution is 0.0863. The molecule has 0 aromatic carbocycles. The fourth-order valence-corrected chi connectivity index (χ4v) is 4.52. The summed E-state index contributed by atoms with van der Waals surface area (Å²) in [5.41, 5.74) is 2.70. The summed E-state index contributed by atoms with van der Waals surface area (Å²) in [5.74, 6) is 2.13. The van der Waals surface area contributed by atoms with Gasteiger partial charge in [-0.25, -0.2) is 9.97 Å². The first kappa shape index (κ1) is 16.0. The molecule has 5 nitrogen and oxygen atoms in total. The molecule has 0 N–H and O–H groups in total. The quantitative estimate of drug-likeness (QED) is 0.726. The van der Waals surface area contributed by atoms with Crippen molar-refractivity contribution in [1.29, 1.82) is 0 Å². The smallest absolute Gasteiger partial charge is 0.107 e. The van der Waals surface area contributed by atoms with Crippen LogP contribution in [0.15, 0.2) is 17.9 Å². The molecule has 3 heterocycles. The Morgan fingerprint density at radius 3 is 2.76 bits per heavy atom. The first-order valence-electron chi connectivity index (χ1n) is 9.57. The molecular formula is C19H26N4OS. The van der Waals surface area contributed by atoms with E-state index in [4.69, 9.17) is 9.72 Å². The predicted molar refractivity (Wildman–Crippen MR) is 97.5 cm³/mol. The van der Waals surface area contributed by atoms with Gasteiger partial charge in [-0.2, -0.15) is 0 Å². The van der Waals surface area contributed by atoms with Gasteiger partial charge in [-0.1, -0.05) is 0 Å². The summed E-state index contributed by atoms with van der Waals surface area (Å²) >= 11 is 1.74. The van der Waals surface area contributed by atoms with Crippen LogP contribution < -0.4 is 0 Å². The van der Waals surface area contributed by atoms with Crippen molar-refractivity contribution in [2.75, 3.05) is 19.8 Å². The molecule has 2 aromatic rings. The van der Waals surface area contributed by atoms with Crippen LogP contribution in [0.2, 0.25) is 0 Å². The van der Waals surface area contributed by atoms with Gasteiger partial charge >= 0.3 is 0 Å². The van der Waals surface area contributed by atoms with E-state index in [1.165, 1.54) is 42.1 Å². The number of aromatic nitrogens is 3. The van der Waals surface area contributed by atoms with Gasteiger partial charge in [-0.05, 0) is 37.5 Å². The molecule has 6 heteroatoms. The lowest BCUT2D eigenvalue weighted by Gasteiger charge is -2.32. The van der Waals surface area contributed by atoms with Gasteiger partial charge in [-0.15, -0.1) is 11.3 Å². The molecule has 2 aromatic heterocycles. The van der Waals surface area contributed by atoms with Crippen LogP contribution >= 0.6 is 11.3 Å². The van der Waals surface area contributed by atoms with Crippen LogP contribution in [-0.2, 0) is 24.4 Å². The van der Waals surface area contributed by atoms with Gasteiger partial charge in [0.05, 0.1) is 25.2 Å². The molecule has 0 unspecified atom stereocenters. The van der Waals surface area contributed by atoms with E-state index in [2.05, 4.69) is 26.2 Å². The molecular weight excluding hydrogens is 332 g/mol. The molecule has 25 heavy (non-hydrogen) atoms. The van der Waals surface area contributed by atoms with E-state index in [0.717, 1.165) is 51.2 Å². The Hall–Kier alpha value is -1.24. The van der Waals surface area contributed by atoms with Crippen molar-refractivity contribution < 1.29 is 4.74 Å². The third kappa shape index (κ3) is 3.81. The first-order chi connectivity index (χ1) is 12.3. The topological polar surface area (TPSA) is 43.2 Å². The first-order valence-corrected chi connectivity index (χ1v) is 10.5. The Morgan fingerprint density at radius 2 is 2.00 bits per heavy atom. The molecule has 1 atom stereocenters. The number of hydrogen-bond acceptors (Lipinski definition) is 5. The highest BCUT2D eigenvalue weighted by atomic mass is 32.1. The lowest BCUT2D eigenvalue weighted by Crippen LogP contribution is -2.36. The monoisotopic (exact) mass is 358 g/mol. The summed E-state index contributed by atoms with van der Waals surface area (Å²) in [6, 6.07) is 0. The van der Waals surface area contributed by atoms with Crippen LogP contribution in [-0.4, -0.2) is 39.2 Å². The third-order valence-corrected chi connectivity index (χ3v) is 6.32. The Bertz CT molecular complexity index is 705. The van der Waals surface area contributed by atoms with Crippen molar-refractivity contribution in [3.63, 3.8) is 0 Å². The largest absolute Gasteiger partial charge is 0.380 e. The maximum Gasteiger partial charge on any atom is 0.107 e. The SMILES string of the molecule is c1csc(CN2Cc3ncn(CC4CC4)c3[C@H](COCC3CC3)C2)n1. The van der Waals surface area contributed by atoms with E-state index < -0.39 is 0 Å². The lowest BCUT2D eigenvalue weighted by atomic mass is 9.98. The fourth-order valence-electron chi connectivity index (χ4n) is 3.86. The van der Waals surface area contributed by atoms with E-state index in [1.54, 1.807) is 11.3 Å². The molecule has 2 fully saturated rings. The Labute approximate surface area is 153 Å². The van der Waals surface area contributed by atoms with E-state index in [1.807, 2.05) is 6.20 Å². The average Bonchev–Trinajstić information content (AvgIpc) is 3.51. The highest BCUT2D eigenvalue weighted by molar-refractivity contribution is 7.09. The number of ether oxygens (including phenoxy) is 1. The highest BCUT2D eigenvalue weighted by Crippen LogP contribution is 2.35. The Kier molecular flexibility index (Phi) is 4.36. The van der Waals surface area contributed by atoms with Gasteiger partial charge in [0, 0.05) is 49.4 Å². The molecule has 2 aliphatic carbocycles. The normalized spacial score (nSPS) is 23.8. The summed E-state index contributed by atoms with van der Waals surface area (Å²) < 4.78 is 8.53. The summed E-state index contributed by atoms with van der Waals surface area (Å²) in [6.45, 7) is 5.82. The minimum Gasteiger partial charge on any atom is -0.380 e. The second kappa shape index (κ2) is 6.82. The van der Waals surface area contributed by atoms with Crippen LogP contribution in [0.5, 0.6) is 0 Å². The van der Waals surface area contributed by atoms with Gasteiger partial charge in [-0.3, -0.25) is 4.90 Å². The number of thiazole rings is 1. The van der Waals surface area contributed by atoms with Gasteiger partial charge in [0.15, 0.2) is 0 Å². The van der Waals surface area contributed by atoms with Gasteiger partial charge in [0.1, 0.15) is 5.01 Å². The minimum atomic E-state index is 0.434. The molecule has 5 rings (SSSR count). The van der Waals surface area contributed by atoms with Crippen LogP contribution in [0.4, 0.5) is 0 Å².